The fourth-order valence-electron chi connectivity index (χ4n) is 2.51. The van der Waals surface area contributed by atoms with Crippen LogP contribution in [-0.4, -0.2) is 34.9 Å². The van der Waals surface area contributed by atoms with Gasteiger partial charge in [0.1, 0.15) is 5.60 Å². The molecule has 0 aromatic heterocycles. The Kier molecular flexibility index (Phi) is 5.52. The average Bonchev–Trinajstić information content (AvgIpc) is 2.79. The van der Waals surface area contributed by atoms with Gasteiger partial charge in [-0.05, 0) is 38.3 Å². The molecule has 1 aromatic rings. The number of hydrogen-bond donors (Lipinski definition) is 1. The molecule has 0 saturated carbocycles. The molecule has 0 aliphatic carbocycles. The van der Waals surface area contributed by atoms with E-state index in [4.69, 9.17) is 16.3 Å². The summed E-state index contributed by atoms with van der Waals surface area (Å²) in [7, 11) is 0. The zero-order chi connectivity index (χ0) is 17.0. The number of halogens is 1. The van der Waals surface area contributed by atoms with Crippen LogP contribution in [0.3, 0.4) is 0 Å². The third-order valence-electron chi connectivity index (χ3n) is 3.53. The lowest BCUT2D eigenvalue weighted by Crippen LogP contribution is -2.28. The highest BCUT2D eigenvalue weighted by Crippen LogP contribution is 2.24. The number of carbonyl (C=O) groups is 2. The van der Waals surface area contributed by atoms with Gasteiger partial charge in [0.2, 0.25) is 5.91 Å². The van der Waals surface area contributed by atoms with Crippen LogP contribution in [0.25, 0.3) is 0 Å². The van der Waals surface area contributed by atoms with E-state index >= 15 is 0 Å². The number of ether oxygens (including phenoxy) is 1. The summed E-state index contributed by atoms with van der Waals surface area (Å²) in [4.78, 5) is 25.8. The second-order valence-corrected chi connectivity index (χ2v) is 7.09. The molecule has 23 heavy (non-hydrogen) atoms. The lowest BCUT2D eigenvalue weighted by atomic mass is 10.1. The first-order valence-corrected chi connectivity index (χ1v) is 8.23. The summed E-state index contributed by atoms with van der Waals surface area (Å²) in [5, 5.41) is 2.76. The van der Waals surface area contributed by atoms with E-state index < -0.39 is 11.7 Å². The van der Waals surface area contributed by atoms with Crippen molar-refractivity contribution >= 4 is 29.3 Å². The van der Waals surface area contributed by atoms with Crippen LogP contribution in [0.15, 0.2) is 24.3 Å². The monoisotopic (exact) mass is 338 g/mol. The summed E-state index contributed by atoms with van der Waals surface area (Å²) in [6, 6.07) is 7.42. The second-order valence-electron chi connectivity index (χ2n) is 6.78. The molecule has 1 saturated heterocycles. The van der Waals surface area contributed by atoms with Gasteiger partial charge in [0.25, 0.3) is 0 Å². The van der Waals surface area contributed by atoms with Gasteiger partial charge in [-0.1, -0.05) is 18.2 Å². The number of alkyl halides is 1. The minimum atomic E-state index is -0.558. The third-order valence-corrected chi connectivity index (χ3v) is 3.96. The quantitative estimate of drug-likeness (QED) is 0.853. The minimum Gasteiger partial charge on any atom is -0.444 e. The van der Waals surface area contributed by atoms with Crippen molar-refractivity contribution in [3.05, 3.63) is 29.8 Å². The maximum absolute atomic E-state index is 12.0. The highest BCUT2D eigenvalue weighted by Gasteiger charge is 2.29. The van der Waals surface area contributed by atoms with Gasteiger partial charge < -0.3 is 9.64 Å². The first kappa shape index (κ1) is 17.6. The molecule has 0 radical (unpaired) electrons. The Morgan fingerprint density at radius 3 is 2.70 bits per heavy atom. The zero-order valence-corrected chi connectivity index (χ0v) is 14.5. The molecule has 0 spiro atoms. The molecule has 1 aliphatic rings. The number of anilines is 1. The molecule has 5 nitrogen and oxygen atoms in total. The van der Waals surface area contributed by atoms with Crippen LogP contribution in [0, 0.1) is 5.92 Å². The van der Waals surface area contributed by atoms with Crippen molar-refractivity contribution in [2.45, 2.75) is 39.3 Å². The molecule has 1 fully saturated rings. The summed E-state index contributed by atoms with van der Waals surface area (Å²) in [6.07, 6.45) is -0.0122. The maximum atomic E-state index is 12.0. The lowest BCUT2D eigenvalue weighted by Gasteiger charge is -2.22. The zero-order valence-electron chi connectivity index (χ0n) is 13.8. The van der Waals surface area contributed by atoms with Crippen LogP contribution in [0.1, 0.15) is 32.8 Å². The van der Waals surface area contributed by atoms with Crippen LogP contribution in [0.5, 0.6) is 0 Å². The van der Waals surface area contributed by atoms with Crippen molar-refractivity contribution in [1.82, 2.24) is 4.90 Å². The molecule has 0 bridgehead atoms. The molecular formula is C17H23ClN2O3. The van der Waals surface area contributed by atoms with Gasteiger partial charge in [-0.25, -0.2) is 4.79 Å². The Hall–Kier alpha value is -1.75. The van der Waals surface area contributed by atoms with Crippen LogP contribution in [0.2, 0.25) is 0 Å². The molecule has 1 N–H and O–H groups in total. The van der Waals surface area contributed by atoms with E-state index in [0.717, 1.165) is 5.56 Å². The number of nitrogens with zero attached hydrogens (tertiary/aromatic N) is 1. The molecular weight excluding hydrogens is 316 g/mol. The van der Waals surface area contributed by atoms with E-state index in [1.807, 2.05) is 39.0 Å². The van der Waals surface area contributed by atoms with Crippen molar-refractivity contribution in [2.75, 3.05) is 17.7 Å². The van der Waals surface area contributed by atoms with Crippen molar-refractivity contribution in [3.63, 3.8) is 0 Å². The topological polar surface area (TPSA) is 58.6 Å². The van der Waals surface area contributed by atoms with Gasteiger partial charge in [-0.15, -0.1) is 11.6 Å². The molecule has 2 amide bonds. The van der Waals surface area contributed by atoms with Gasteiger partial charge in [-0.3, -0.25) is 10.1 Å². The number of likely N-dealkylation sites (tertiary alicyclic amines) is 1. The Morgan fingerprint density at radius 2 is 2.09 bits per heavy atom. The number of nitrogens with one attached hydrogen (secondary N) is 1. The van der Waals surface area contributed by atoms with E-state index in [0.29, 0.717) is 31.1 Å². The molecule has 1 atom stereocenters. The predicted molar refractivity (Wildman–Crippen MR) is 90.5 cm³/mol. The second kappa shape index (κ2) is 7.21. The third kappa shape index (κ3) is 5.13. The normalized spacial score (nSPS) is 18.2. The van der Waals surface area contributed by atoms with Gasteiger partial charge in [0.05, 0.1) is 0 Å². The van der Waals surface area contributed by atoms with Crippen molar-refractivity contribution in [3.8, 4) is 0 Å². The van der Waals surface area contributed by atoms with E-state index in [9.17, 15) is 9.59 Å². The van der Waals surface area contributed by atoms with Gasteiger partial charge in [-0.2, -0.15) is 0 Å². The molecule has 126 valence electrons. The first-order valence-electron chi connectivity index (χ1n) is 7.70. The van der Waals surface area contributed by atoms with E-state index in [-0.39, 0.29) is 11.8 Å². The Bertz CT molecular complexity index is 583. The van der Waals surface area contributed by atoms with Crippen molar-refractivity contribution < 1.29 is 14.3 Å². The summed E-state index contributed by atoms with van der Waals surface area (Å²) in [6.45, 7) is 6.55. The average molecular weight is 339 g/mol. The summed E-state index contributed by atoms with van der Waals surface area (Å²) < 4.78 is 5.27. The SMILES string of the molecule is CC(C)(C)OC(=O)Nc1ccccc1CN1CC(CCl)CC1=O. The highest BCUT2D eigenvalue weighted by atomic mass is 35.5. The van der Waals surface area contributed by atoms with Gasteiger partial charge in [0.15, 0.2) is 0 Å². The molecule has 2 rings (SSSR count). The number of amides is 2. The number of carbonyl (C=O) groups excluding carboxylic acids is 2. The van der Waals surface area contributed by atoms with Crippen molar-refractivity contribution in [1.29, 1.82) is 0 Å². The number of rotatable bonds is 4. The van der Waals surface area contributed by atoms with E-state index in [1.165, 1.54) is 0 Å². The molecule has 1 unspecified atom stereocenters. The summed E-state index contributed by atoms with van der Waals surface area (Å²) in [5.74, 6) is 0.790. The Balaban J connectivity index is 2.06. The Morgan fingerprint density at radius 1 is 1.39 bits per heavy atom. The predicted octanol–water partition coefficient (Wildman–Crippen LogP) is 3.62. The van der Waals surface area contributed by atoms with Gasteiger partial charge >= 0.3 is 6.09 Å². The lowest BCUT2D eigenvalue weighted by molar-refractivity contribution is -0.128. The van der Waals surface area contributed by atoms with E-state index in [1.54, 1.807) is 11.0 Å². The van der Waals surface area contributed by atoms with Crippen LogP contribution in [-0.2, 0) is 16.1 Å². The standard InChI is InChI=1S/C17H23ClN2O3/c1-17(2,3)23-16(22)19-14-7-5-4-6-13(14)11-20-10-12(9-18)8-15(20)21/h4-7,12H,8-11H2,1-3H3,(H,19,22). The van der Waals surface area contributed by atoms with Crippen LogP contribution in [0.4, 0.5) is 10.5 Å². The van der Waals surface area contributed by atoms with Gasteiger partial charge in [0, 0.05) is 31.1 Å². The first-order chi connectivity index (χ1) is 10.8. The smallest absolute Gasteiger partial charge is 0.412 e. The fourth-order valence-corrected chi connectivity index (χ4v) is 2.72. The molecule has 1 heterocycles. The maximum Gasteiger partial charge on any atom is 0.412 e. The van der Waals surface area contributed by atoms with Crippen LogP contribution < -0.4 is 5.32 Å². The summed E-state index contributed by atoms with van der Waals surface area (Å²) in [5.41, 5.74) is 0.975. The fraction of sp³-hybridized carbons (Fsp3) is 0.529. The highest BCUT2D eigenvalue weighted by molar-refractivity contribution is 6.18. The van der Waals surface area contributed by atoms with Crippen LogP contribution >= 0.6 is 11.6 Å². The Labute approximate surface area is 141 Å². The van der Waals surface area contributed by atoms with E-state index in [2.05, 4.69) is 5.32 Å². The number of benzene rings is 1. The molecule has 6 heteroatoms. The molecule has 1 aromatic carbocycles. The number of para-hydroxylation sites is 1. The minimum absolute atomic E-state index is 0.0997. The molecule has 1 aliphatic heterocycles. The summed E-state index contributed by atoms with van der Waals surface area (Å²) >= 11 is 5.85. The number of hydrogen-bond acceptors (Lipinski definition) is 3. The van der Waals surface area contributed by atoms with Crippen molar-refractivity contribution in [2.24, 2.45) is 5.92 Å². The largest absolute Gasteiger partial charge is 0.444 e.